The summed E-state index contributed by atoms with van der Waals surface area (Å²) in [5.41, 5.74) is 6.48. The quantitative estimate of drug-likeness (QED) is 0.593. The Morgan fingerprint density at radius 1 is 1.50 bits per heavy atom. The van der Waals surface area contributed by atoms with Gasteiger partial charge in [-0.15, -0.1) is 0 Å². The first-order valence-electron chi connectivity index (χ1n) is 3.75. The Hall–Kier alpha value is -0.790. The topological polar surface area (TPSA) is 38.4 Å². The minimum atomic E-state index is 0.834. The molecule has 58 valence electrons. The maximum Gasteiger partial charge on any atom is 0.0361 e. The van der Waals surface area contributed by atoms with Gasteiger partial charge < -0.3 is 5.73 Å². The van der Waals surface area contributed by atoms with Gasteiger partial charge in [0.15, 0.2) is 0 Å². The smallest absolute Gasteiger partial charge is 0.0361 e. The summed E-state index contributed by atoms with van der Waals surface area (Å²) in [6.07, 6.45) is 5.63. The molecule has 0 radical (unpaired) electrons. The van der Waals surface area contributed by atoms with E-state index < -0.39 is 0 Å². The predicted octanol–water partition coefficient (Wildman–Crippen LogP) is 1.72. The number of hydrogen-bond acceptors (Lipinski definition) is 2. The van der Waals surface area contributed by atoms with E-state index in [1.165, 1.54) is 0 Å². The molecule has 0 fully saturated rings. The number of nitrogens with two attached hydrogens (primary N) is 1. The van der Waals surface area contributed by atoms with Gasteiger partial charge in [-0.05, 0) is 25.1 Å². The van der Waals surface area contributed by atoms with E-state index >= 15 is 0 Å². The zero-order valence-corrected chi connectivity index (χ0v) is 6.80. The molecule has 0 aromatic carbocycles. The Bertz CT molecular complexity index is 125. The molecule has 0 spiro atoms. The van der Waals surface area contributed by atoms with Crippen LogP contribution < -0.4 is 5.73 Å². The number of allylic oxidation sites excluding steroid dienone is 1. The maximum atomic E-state index is 5.35. The Morgan fingerprint density at radius 2 is 2.20 bits per heavy atom. The highest BCUT2D eigenvalue weighted by molar-refractivity contribution is 5.78. The second kappa shape index (κ2) is 6.33. The van der Waals surface area contributed by atoms with Crippen LogP contribution in [0.3, 0.4) is 0 Å². The summed E-state index contributed by atoms with van der Waals surface area (Å²) in [4.78, 5) is 4.09. The normalized spacial score (nSPS) is 12.8. The molecule has 10 heavy (non-hydrogen) atoms. The number of hydrogen-bond donors (Lipinski definition) is 1. The van der Waals surface area contributed by atoms with Crippen molar-refractivity contribution >= 4 is 6.21 Å². The molecule has 2 nitrogen and oxygen atoms in total. The third-order valence-electron chi connectivity index (χ3n) is 1.19. The van der Waals surface area contributed by atoms with Gasteiger partial charge in [-0.2, -0.15) is 0 Å². The average Bonchev–Trinajstić information content (AvgIpc) is 1.98. The minimum absolute atomic E-state index is 0.834. The number of aliphatic imine (C=N–C) groups is 1. The van der Waals surface area contributed by atoms with E-state index in [9.17, 15) is 0 Å². The summed E-state index contributed by atoms with van der Waals surface area (Å²) >= 11 is 0. The van der Waals surface area contributed by atoms with Crippen LogP contribution in [0.5, 0.6) is 0 Å². The Kier molecular flexibility index (Phi) is 5.83. The fourth-order valence-electron chi connectivity index (χ4n) is 0.688. The monoisotopic (exact) mass is 140 g/mol. The molecule has 0 aromatic heterocycles. The summed E-state index contributed by atoms with van der Waals surface area (Å²) in [5, 5.41) is 0. The van der Waals surface area contributed by atoms with E-state index in [1.54, 1.807) is 6.20 Å². The van der Waals surface area contributed by atoms with Gasteiger partial charge in [-0.1, -0.05) is 13.3 Å². The largest absolute Gasteiger partial charge is 0.404 e. The fourth-order valence-corrected chi connectivity index (χ4v) is 0.688. The highest BCUT2D eigenvalue weighted by atomic mass is 14.7. The van der Waals surface area contributed by atoms with Crippen LogP contribution >= 0.6 is 0 Å². The summed E-state index contributed by atoms with van der Waals surface area (Å²) < 4.78 is 0. The van der Waals surface area contributed by atoms with E-state index in [4.69, 9.17) is 5.73 Å². The average molecular weight is 140 g/mol. The maximum absolute atomic E-state index is 5.35. The van der Waals surface area contributed by atoms with Gasteiger partial charge in [0, 0.05) is 12.8 Å². The second-order valence-corrected chi connectivity index (χ2v) is 2.12. The van der Waals surface area contributed by atoms with Crippen molar-refractivity contribution in [2.75, 3.05) is 6.54 Å². The molecule has 0 heterocycles. The summed E-state index contributed by atoms with van der Waals surface area (Å²) in [6.45, 7) is 4.97. The first-order chi connectivity index (χ1) is 4.85. The molecule has 0 amide bonds. The van der Waals surface area contributed by atoms with Gasteiger partial charge in [0.2, 0.25) is 0 Å². The molecule has 0 aliphatic carbocycles. The lowest BCUT2D eigenvalue weighted by atomic mass is 10.2. The Labute approximate surface area is 62.8 Å². The van der Waals surface area contributed by atoms with Crippen LogP contribution in [0.15, 0.2) is 16.8 Å². The molecule has 0 aliphatic rings. The third-order valence-corrected chi connectivity index (χ3v) is 1.19. The van der Waals surface area contributed by atoms with E-state index in [0.29, 0.717) is 0 Å². The van der Waals surface area contributed by atoms with E-state index in [-0.39, 0.29) is 0 Å². The van der Waals surface area contributed by atoms with Crippen LogP contribution in [0.4, 0.5) is 0 Å². The second-order valence-electron chi connectivity index (χ2n) is 2.12. The van der Waals surface area contributed by atoms with E-state index in [2.05, 4.69) is 11.9 Å². The van der Waals surface area contributed by atoms with Crippen molar-refractivity contribution in [2.24, 2.45) is 10.7 Å². The van der Waals surface area contributed by atoms with Gasteiger partial charge in [0.1, 0.15) is 0 Å². The molecule has 0 bridgehead atoms. The predicted molar refractivity (Wildman–Crippen MR) is 46.2 cm³/mol. The summed E-state index contributed by atoms with van der Waals surface area (Å²) in [6, 6.07) is 0. The highest BCUT2D eigenvalue weighted by Crippen LogP contribution is 1.98. The summed E-state index contributed by atoms with van der Waals surface area (Å²) in [5.74, 6) is 0. The first kappa shape index (κ1) is 9.21. The molecule has 0 aromatic rings. The molecule has 0 unspecified atom stereocenters. The minimum Gasteiger partial charge on any atom is -0.404 e. The molecular weight excluding hydrogens is 124 g/mol. The van der Waals surface area contributed by atoms with Gasteiger partial charge in [-0.25, -0.2) is 0 Å². The van der Waals surface area contributed by atoms with Crippen LogP contribution in [0.1, 0.15) is 26.7 Å². The Morgan fingerprint density at radius 3 is 2.60 bits per heavy atom. The standard InChI is InChI=1S/C8H16N2/c1-3-5-8(6-9)7-10-4-2/h6-7H,3-5,9H2,1-2H3/b8-6-,10-7?. The molecule has 0 rings (SSSR count). The van der Waals surface area contributed by atoms with E-state index in [1.807, 2.05) is 13.1 Å². The van der Waals surface area contributed by atoms with Crippen LogP contribution in [0.25, 0.3) is 0 Å². The van der Waals surface area contributed by atoms with Gasteiger partial charge in [-0.3, -0.25) is 4.99 Å². The van der Waals surface area contributed by atoms with Crippen molar-refractivity contribution in [3.63, 3.8) is 0 Å². The third kappa shape index (κ3) is 4.13. The van der Waals surface area contributed by atoms with Crippen molar-refractivity contribution in [3.8, 4) is 0 Å². The summed E-state index contributed by atoms with van der Waals surface area (Å²) in [7, 11) is 0. The van der Waals surface area contributed by atoms with Crippen molar-refractivity contribution in [1.29, 1.82) is 0 Å². The van der Waals surface area contributed by atoms with Gasteiger partial charge in [0.25, 0.3) is 0 Å². The van der Waals surface area contributed by atoms with Crippen LogP contribution in [0, 0.1) is 0 Å². The van der Waals surface area contributed by atoms with Gasteiger partial charge in [0.05, 0.1) is 0 Å². The van der Waals surface area contributed by atoms with Crippen LogP contribution in [0.2, 0.25) is 0 Å². The lowest BCUT2D eigenvalue weighted by Gasteiger charge is -1.94. The van der Waals surface area contributed by atoms with Crippen molar-refractivity contribution < 1.29 is 0 Å². The number of rotatable bonds is 4. The van der Waals surface area contributed by atoms with Crippen LogP contribution in [-0.2, 0) is 0 Å². The molecule has 0 saturated carbocycles. The molecule has 0 atom stereocenters. The van der Waals surface area contributed by atoms with E-state index in [0.717, 1.165) is 25.0 Å². The fraction of sp³-hybridized carbons (Fsp3) is 0.625. The highest BCUT2D eigenvalue weighted by Gasteiger charge is 1.87. The zero-order chi connectivity index (χ0) is 7.82. The zero-order valence-electron chi connectivity index (χ0n) is 6.80. The molecule has 2 heteroatoms. The lowest BCUT2D eigenvalue weighted by molar-refractivity contribution is 0.933. The van der Waals surface area contributed by atoms with Crippen LogP contribution in [-0.4, -0.2) is 12.8 Å². The Balaban J connectivity index is 3.72. The molecule has 0 saturated heterocycles. The van der Waals surface area contributed by atoms with Crippen molar-refractivity contribution in [2.45, 2.75) is 26.7 Å². The molecular formula is C8H16N2. The SMILES string of the molecule is CCC/C(C=NCC)=C/N. The number of nitrogens with zero attached hydrogens (tertiary/aromatic N) is 1. The lowest BCUT2D eigenvalue weighted by Crippen LogP contribution is -1.90. The first-order valence-corrected chi connectivity index (χ1v) is 3.75. The van der Waals surface area contributed by atoms with Gasteiger partial charge >= 0.3 is 0 Å². The molecule has 0 aliphatic heterocycles. The molecule has 2 N–H and O–H groups in total. The van der Waals surface area contributed by atoms with Crippen molar-refractivity contribution in [1.82, 2.24) is 0 Å². The van der Waals surface area contributed by atoms with Crippen molar-refractivity contribution in [3.05, 3.63) is 11.8 Å².